The second-order valence-electron chi connectivity index (χ2n) is 1.36. The van der Waals surface area contributed by atoms with Gasteiger partial charge in [-0.15, -0.1) is 5.73 Å². The maximum atomic E-state index is 8.83. The molecule has 0 aromatic rings. The molecule has 0 heterocycles. The Bertz CT molecular complexity index is 132. The summed E-state index contributed by atoms with van der Waals surface area (Å²) in [5.41, 5.74) is 2.30. The Kier molecular flexibility index (Phi) is 3.64. The van der Waals surface area contributed by atoms with Gasteiger partial charge in [0.15, 0.2) is 0 Å². The van der Waals surface area contributed by atoms with Gasteiger partial charge < -0.3 is 5.11 Å². The van der Waals surface area contributed by atoms with Crippen molar-refractivity contribution in [2.75, 3.05) is 0 Å². The molecule has 0 bridgehead atoms. The fourth-order valence-electron chi connectivity index (χ4n) is 0.206. The number of rotatable bonds is 1. The minimum Gasteiger partial charge on any atom is -0.384 e. The minimum atomic E-state index is -1.68. The fraction of sp³-hybridized carbons (Fsp3) is 0.400. The molecular weight excluding hydrogens is 182 g/mol. The third-order valence-corrected chi connectivity index (χ3v) is 1.28. The molecule has 0 spiro atoms. The molecule has 1 N–H and O–H groups in total. The molecule has 9 heavy (non-hydrogen) atoms. The van der Waals surface area contributed by atoms with E-state index in [1.165, 1.54) is 6.08 Å². The predicted molar refractivity (Wildman–Crippen MR) is 40.0 cm³/mol. The number of aliphatic hydroxyl groups excluding tert-OH is 1. The molecule has 0 saturated carbocycles. The summed E-state index contributed by atoms with van der Waals surface area (Å²) < 4.78 is -1.68. The molecule has 52 valence electrons. The zero-order chi connectivity index (χ0) is 7.49. The van der Waals surface area contributed by atoms with Gasteiger partial charge in [-0.25, -0.2) is 0 Å². The lowest BCUT2D eigenvalue weighted by atomic mass is 10.4. The van der Waals surface area contributed by atoms with E-state index >= 15 is 0 Å². The Hall–Kier alpha value is 0.350. The van der Waals surface area contributed by atoms with E-state index in [0.717, 1.165) is 0 Å². The van der Waals surface area contributed by atoms with Crippen LogP contribution in [-0.2, 0) is 0 Å². The SMILES string of the molecule is C=C=CC(O)C(Cl)(Cl)Cl. The molecule has 0 aromatic carbocycles. The zero-order valence-corrected chi connectivity index (χ0v) is 6.71. The van der Waals surface area contributed by atoms with Crippen LogP contribution in [-0.4, -0.2) is 15.0 Å². The molecule has 1 atom stereocenters. The van der Waals surface area contributed by atoms with E-state index in [-0.39, 0.29) is 0 Å². The van der Waals surface area contributed by atoms with Crippen LogP contribution in [0.2, 0.25) is 0 Å². The first-order chi connectivity index (χ1) is 3.98. The summed E-state index contributed by atoms with van der Waals surface area (Å²) in [6, 6.07) is 0. The molecule has 0 amide bonds. The first-order valence-electron chi connectivity index (χ1n) is 2.09. The van der Waals surface area contributed by atoms with Crippen molar-refractivity contribution in [3.63, 3.8) is 0 Å². The number of halogens is 3. The first-order valence-corrected chi connectivity index (χ1v) is 3.22. The highest BCUT2D eigenvalue weighted by Crippen LogP contribution is 2.30. The lowest BCUT2D eigenvalue weighted by Crippen LogP contribution is -2.21. The Morgan fingerprint density at radius 1 is 1.56 bits per heavy atom. The van der Waals surface area contributed by atoms with Gasteiger partial charge in [0, 0.05) is 0 Å². The maximum Gasteiger partial charge on any atom is 0.220 e. The third-order valence-electron chi connectivity index (χ3n) is 0.611. The Morgan fingerprint density at radius 2 is 2.00 bits per heavy atom. The van der Waals surface area contributed by atoms with Crippen LogP contribution in [0.3, 0.4) is 0 Å². The molecule has 4 heteroatoms. The maximum absolute atomic E-state index is 8.83. The molecule has 0 aliphatic rings. The van der Waals surface area contributed by atoms with Crippen LogP contribution in [0.1, 0.15) is 0 Å². The van der Waals surface area contributed by atoms with Crippen LogP contribution in [0.15, 0.2) is 18.4 Å². The molecule has 0 aliphatic carbocycles. The standard InChI is InChI=1S/C5H5Cl3O/c1-2-3-4(9)5(6,7)8/h3-4,9H,1H2. The van der Waals surface area contributed by atoms with E-state index in [1.54, 1.807) is 0 Å². The van der Waals surface area contributed by atoms with E-state index in [0.29, 0.717) is 0 Å². The van der Waals surface area contributed by atoms with E-state index in [4.69, 9.17) is 39.9 Å². The topological polar surface area (TPSA) is 20.2 Å². The molecule has 1 unspecified atom stereocenters. The van der Waals surface area contributed by atoms with Crippen LogP contribution in [0.4, 0.5) is 0 Å². The van der Waals surface area contributed by atoms with Gasteiger partial charge in [0.25, 0.3) is 0 Å². The number of hydrogen-bond donors (Lipinski definition) is 1. The van der Waals surface area contributed by atoms with Crippen molar-refractivity contribution in [1.29, 1.82) is 0 Å². The van der Waals surface area contributed by atoms with Crippen molar-refractivity contribution in [3.05, 3.63) is 18.4 Å². The van der Waals surface area contributed by atoms with Crippen LogP contribution in [0.5, 0.6) is 0 Å². The van der Waals surface area contributed by atoms with Gasteiger partial charge in [-0.3, -0.25) is 0 Å². The summed E-state index contributed by atoms with van der Waals surface area (Å²) in [4.78, 5) is 0. The lowest BCUT2D eigenvalue weighted by Gasteiger charge is -2.13. The smallest absolute Gasteiger partial charge is 0.220 e. The number of aliphatic hydroxyl groups is 1. The second kappa shape index (κ2) is 3.50. The van der Waals surface area contributed by atoms with Gasteiger partial charge >= 0.3 is 0 Å². The van der Waals surface area contributed by atoms with Crippen LogP contribution < -0.4 is 0 Å². The van der Waals surface area contributed by atoms with Crippen LogP contribution >= 0.6 is 34.8 Å². The van der Waals surface area contributed by atoms with Gasteiger partial charge in [-0.2, -0.15) is 0 Å². The van der Waals surface area contributed by atoms with Gasteiger partial charge in [-0.1, -0.05) is 41.4 Å². The molecule has 1 nitrogen and oxygen atoms in total. The fourth-order valence-corrected chi connectivity index (χ4v) is 0.395. The van der Waals surface area contributed by atoms with E-state index in [9.17, 15) is 0 Å². The highest BCUT2D eigenvalue weighted by Gasteiger charge is 2.28. The highest BCUT2D eigenvalue weighted by molar-refractivity contribution is 6.68. The van der Waals surface area contributed by atoms with E-state index in [2.05, 4.69) is 12.3 Å². The van der Waals surface area contributed by atoms with Crippen molar-refractivity contribution in [3.8, 4) is 0 Å². The largest absolute Gasteiger partial charge is 0.384 e. The van der Waals surface area contributed by atoms with Gasteiger partial charge in [-0.05, 0) is 6.08 Å². The summed E-state index contributed by atoms with van der Waals surface area (Å²) in [6.45, 7) is 3.20. The Morgan fingerprint density at radius 3 is 2.11 bits per heavy atom. The van der Waals surface area contributed by atoms with Crippen molar-refractivity contribution in [2.24, 2.45) is 0 Å². The Balaban J connectivity index is 4.03. The molecule has 0 radical (unpaired) electrons. The monoisotopic (exact) mass is 186 g/mol. The summed E-state index contributed by atoms with van der Waals surface area (Å²) in [5.74, 6) is 0. The highest BCUT2D eigenvalue weighted by atomic mass is 35.6. The van der Waals surface area contributed by atoms with Crippen molar-refractivity contribution in [2.45, 2.75) is 9.90 Å². The average Bonchev–Trinajstić information content (AvgIpc) is 1.64. The number of hydrogen-bond acceptors (Lipinski definition) is 1. The summed E-state index contributed by atoms with van der Waals surface area (Å²) in [5, 5.41) is 8.83. The second-order valence-corrected chi connectivity index (χ2v) is 3.73. The predicted octanol–water partition coefficient (Wildman–Crippen LogP) is 2.06. The molecule has 0 fully saturated rings. The Labute approximate surface area is 68.5 Å². The molecule has 0 aliphatic heterocycles. The van der Waals surface area contributed by atoms with Gasteiger partial charge in [0.2, 0.25) is 3.79 Å². The number of alkyl halides is 3. The van der Waals surface area contributed by atoms with Crippen LogP contribution in [0, 0.1) is 0 Å². The molecule has 0 aromatic heterocycles. The van der Waals surface area contributed by atoms with E-state index < -0.39 is 9.90 Å². The van der Waals surface area contributed by atoms with Gasteiger partial charge in [0.1, 0.15) is 6.10 Å². The van der Waals surface area contributed by atoms with Crippen molar-refractivity contribution < 1.29 is 5.11 Å². The summed E-state index contributed by atoms with van der Waals surface area (Å²) >= 11 is 15.7. The molecular formula is C5H5Cl3O. The normalized spacial score (nSPS) is 14.2. The van der Waals surface area contributed by atoms with Crippen LogP contribution in [0.25, 0.3) is 0 Å². The average molecular weight is 187 g/mol. The first kappa shape index (κ1) is 9.35. The summed E-state index contributed by atoms with van der Waals surface area (Å²) in [7, 11) is 0. The van der Waals surface area contributed by atoms with Gasteiger partial charge in [0.05, 0.1) is 0 Å². The third kappa shape index (κ3) is 3.85. The van der Waals surface area contributed by atoms with E-state index in [1.807, 2.05) is 0 Å². The molecule has 0 rings (SSSR count). The minimum absolute atomic E-state index is 1.14. The zero-order valence-electron chi connectivity index (χ0n) is 4.44. The molecule has 0 saturated heterocycles. The lowest BCUT2D eigenvalue weighted by molar-refractivity contribution is 0.228. The van der Waals surface area contributed by atoms with Crippen molar-refractivity contribution in [1.82, 2.24) is 0 Å². The summed E-state index contributed by atoms with van der Waals surface area (Å²) in [6.07, 6.45) is 0.0347. The quantitative estimate of drug-likeness (QED) is 0.492. The van der Waals surface area contributed by atoms with Crippen molar-refractivity contribution >= 4 is 34.8 Å².